The van der Waals surface area contributed by atoms with Crippen LogP contribution in [-0.4, -0.2) is 22.4 Å². The first kappa shape index (κ1) is 13.2. The van der Waals surface area contributed by atoms with Crippen LogP contribution in [0.2, 0.25) is 0 Å². The van der Waals surface area contributed by atoms with Crippen molar-refractivity contribution in [1.29, 1.82) is 0 Å². The molecule has 1 aromatic rings. The van der Waals surface area contributed by atoms with Gasteiger partial charge in [-0.05, 0) is 37.2 Å². The Kier molecular flexibility index (Phi) is 3.24. The Balaban J connectivity index is 1.77. The molecule has 0 radical (unpaired) electrons. The fourth-order valence-corrected chi connectivity index (χ4v) is 3.18. The summed E-state index contributed by atoms with van der Waals surface area (Å²) in [5.74, 6) is 0.603. The van der Waals surface area contributed by atoms with Gasteiger partial charge in [-0.15, -0.1) is 0 Å². The maximum atomic E-state index is 12.6. The highest BCUT2D eigenvalue weighted by atomic mass is 16.2. The van der Waals surface area contributed by atoms with E-state index in [9.17, 15) is 9.59 Å². The van der Waals surface area contributed by atoms with Gasteiger partial charge in [0.05, 0.1) is 6.54 Å². The van der Waals surface area contributed by atoms with Gasteiger partial charge in [0.25, 0.3) is 5.91 Å². The van der Waals surface area contributed by atoms with E-state index in [0.29, 0.717) is 12.5 Å². The minimum atomic E-state index is -0.627. The Morgan fingerprint density at radius 2 is 1.85 bits per heavy atom. The van der Waals surface area contributed by atoms with Crippen LogP contribution in [0.15, 0.2) is 30.3 Å². The molecule has 20 heavy (non-hydrogen) atoms. The van der Waals surface area contributed by atoms with Crippen molar-refractivity contribution in [3.63, 3.8) is 0 Å². The van der Waals surface area contributed by atoms with Crippen molar-refractivity contribution in [3.05, 3.63) is 35.9 Å². The zero-order chi connectivity index (χ0) is 14.2. The fraction of sp³-hybridized carbons (Fsp3) is 0.500. The Labute approximate surface area is 119 Å². The summed E-state index contributed by atoms with van der Waals surface area (Å²) in [7, 11) is 0. The second-order valence-corrected chi connectivity index (χ2v) is 6.07. The lowest BCUT2D eigenvalue weighted by atomic mass is 9.77. The molecule has 1 heterocycles. The Morgan fingerprint density at radius 3 is 2.50 bits per heavy atom. The monoisotopic (exact) mass is 272 g/mol. The van der Waals surface area contributed by atoms with Crippen LogP contribution in [-0.2, 0) is 11.3 Å². The molecule has 106 valence electrons. The van der Waals surface area contributed by atoms with Gasteiger partial charge in [0.15, 0.2) is 0 Å². The normalized spacial score (nSPS) is 29.9. The van der Waals surface area contributed by atoms with E-state index in [2.05, 4.69) is 12.2 Å². The SMILES string of the molecule is CC1CCC2(CC1)NC(=O)N(Cc1ccccc1)C2=O. The third kappa shape index (κ3) is 2.19. The molecule has 4 heteroatoms. The van der Waals surface area contributed by atoms with Crippen molar-refractivity contribution in [3.8, 4) is 0 Å². The molecule has 2 fully saturated rings. The number of urea groups is 1. The second kappa shape index (κ2) is 4.93. The lowest BCUT2D eigenvalue weighted by molar-refractivity contribution is -0.133. The summed E-state index contributed by atoms with van der Waals surface area (Å²) in [4.78, 5) is 26.2. The highest BCUT2D eigenvalue weighted by molar-refractivity contribution is 6.07. The van der Waals surface area contributed by atoms with E-state index in [1.807, 2.05) is 30.3 Å². The highest BCUT2D eigenvalue weighted by Crippen LogP contribution is 2.36. The minimum absolute atomic E-state index is 0.0433. The molecule has 0 atom stereocenters. The van der Waals surface area contributed by atoms with Crippen LogP contribution in [0.25, 0.3) is 0 Å². The van der Waals surface area contributed by atoms with Crippen molar-refractivity contribution in [2.45, 2.75) is 44.7 Å². The van der Waals surface area contributed by atoms with E-state index in [1.165, 1.54) is 4.90 Å². The maximum absolute atomic E-state index is 12.6. The van der Waals surface area contributed by atoms with Gasteiger partial charge in [-0.25, -0.2) is 4.79 Å². The van der Waals surface area contributed by atoms with Gasteiger partial charge in [-0.3, -0.25) is 9.69 Å². The average molecular weight is 272 g/mol. The van der Waals surface area contributed by atoms with Crippen LogP contribution in [0.5, 0.6) is 0 Å². The standard InChI is InChI=1S/C16H20N2O2/c1-12-7-9-16(10-8-12)14(19)18(15(20)17-16)11-13-5-3-2-4-6-13/h2-6,12H,7-11H2,1H3,(H,17,20). The van der Waals surface area contributed by atoms with Crippen molar-refractivity contribution < 1.29 is 9.59 Å². The summed E-state index contributed by atoms with van der Waals surface area (Å²) in [6.07, 6.45) is 3.55. The first-order valence-electron chi connectivity index (χ1n) is 7.29. The Hall–Kier alpha value is -1.84. The van der Waals surface area contributed by atoms with Gasteiger partial charge < -0.3 is 5.32 Å². The Bertz CT molecular complexity index is 519. The van der Waals surface area contributed by atoms with Crippen molar-refractivity contribution in [2.75, 3.05) is 0 Å². The van der Waals surface area contributed by atoms with Crippen LogP contribution in [0.3, 0.4) is 0 Å². The number of amides is 3. The zero-order valence-electron chi connectivity index (χ0n) is 11.8. The minimum Gasteiger partial charge on any atom is -0.323 e. The number of hydrogen-bond donors (Lipinski definition) is 1. The van der Waals surface area contributed by atoms with Gasteiger partial charge in [0.1, 0.15) is 5.54 Å². The van der Waals surface area contributed by atoms with E-state index >= 15 is 0 Å². The highest BCUT2D eigenvalue weighted by Gasteiger charge is 2.51. The fourth-order valence-electron chi connectivity index (χ4n) is 3.18. The van der Waals surface area contributed by atoms with Gasteiger partial charge in [0, 0.05) is 0 Å². The van der Waals surface area contributed by atoms with E-state index in [0.717, 1.165) is 31.2 Å². The largest absolute Gasteiger partial charge is 0.325 e. The van der Waals surface area contributed by atoms with Crippen molar-refractivity contribution >= 4 is 11.9 Å². The van der Waals surface area contributed by atoms with Crippen molar-refractivity contribution in [2.24, 2.45) is 5.92 Å². The summed E-state index contributed by atoms with van der Waals surface area (Å²) >= 11 is 0. The number of carbonyl (C=O) groups excluding carboxylic acids is 2. The van der Waals surface area contributed by atoms with Crippen molar-refractivity contribution in [1.82, 2.24) is 10.2 Å². The molecule has 3 amide bonds. The lowest BCUT2D eigenvalue weighted by Crippen LogP contribution is -2.49. The van der Waals surface area contributed by atoms with Gasteiger partial charge in [-0.2, -0.15) is 0 Å². The van der Waals surface area contributed by atoms with Crippen LogP contribution < -0.4 is 5.32 Å². The molecule has 2 aliphatic rings. The molecule has 4 nitrogen and oxygen atoms in total. The molecule has 0 aromatic heterocycles. The first-order valence-corrected chi connectivity index (χ1v) is 7.29. The average Bonchev–Trinajstić information content (AvgIpc) is 2.68. The van der Waals surface area contributed by atoms with E-state index in [-0.39, 0.29) is 11.9 Å². The zero-order valence-corrected chi connectivity index (χ0v) is 11.8. The quantitative estimate of drug-likeness (QED) is 0.841. The molecule has 1 aliphatic heterocycles. The molecule has 1 aliphatic carbocycles. The maximum Gasteiger partial charge on any atom is 0.325 e. The van der Waals surface area contributed by atoms with Crippen LogP contribution in [0.4, 0.5) is 4.79 Å². The van der Waals surface area contributed by atoms with Gasteiger partial charge >= 0.3 is 6.03 Å². The number of benzene rings is 1. The van der Waals surface area contributed by atoms with E-state index in [1.54, 1.807) is 0 Å². The Morgan fingerprint density at radius 1 is 1.20 bits per heavy atom. The molecule has 3 rings (SSSR count). The predicted octanol–water partition coefficient (Wildman–Crippen LogP) is 2.69. The molecule has 1 aromatic carbocycles. The van der Waals surface area contributed by atoms with Gasteiger partial charge in [0.2, 0.25) is 0 Å². The number of nitrogens with zero attached hydrogens (tertiary/aromatic N) is 1. The molecular formula is C16H20N2O2. The predicted molar refractivity (Wildman–Crippen MR) is 75.9 cm³/mol. The molecule has 1 N–H and O–H groups in total. The van der Waals surface area contributed by atoms with E-state index < -0.39 is 5.54 Å². The number of carbonyl (C=O) groups is 2. The molecule has 1 spiro atoms. The third-order valence-corrected chi connectivity index (χ3v) is 4.56. The molecule has 1 saturated carbocycles. The number of rotatable bonds is 2. The molecule has 1 saturated heterocycles. The summed E-state index contributed by atoms with van der Waals surface area (Å²) in [6.45, 7) is 2.57. The first-order chi connectivity index (χ1) is 9.61. The molecular weight excluding hydrogens is 252 g/mol. The second-order valence-electron chi connectivity index (χ2n) is 6.07. The van der Waals surface area contributed by atoms with Crippen LogP contribution in [0, 0.1) is 5.92 Å². The van der Waals surface area contributed by atoms with E-state index in [4.69, 9.17) is 0 Å². The summed E-state index contributed by atoms with van der Waals surface area (Å²) in [5, 5.41) is 2.95. The molecule has 0 unspecified atom stereocenters. The van der Waals surface area contributed by atoms with Gasteiger partial charge in [-0.1, -0.05) is 37.3 Å². The summed E-state index contributed by atoms with van der Waals surface area (Å²) in [6, 6.07) is 9.41. The topological polar surface area (TPSA) is 49.4 Å². The third-order valence-electron chi connectivity index (χ3n) is 4.56. The summed E-state index contributed by atoms with van der Waals surface area (Å²) < 4.78 is 0. The smallest absolute Gasteiger partial charge is 0.323 e. The van der Waals surface area contributed by atoms with Crippen LogP contribution in [0.1, 0.15) is 38.2 Å². The van der Waals surface area contributed by atoms with Crippen LogP contribution >= 0.6 is 0 Å². The number of imide groups is 1. The lowest BCUT2D eigenvalue weighted by Gasteiger charge is -2.33. The number of hydrogen-bond acceptors (Lipinski definition) is 2. The molecule has 0 bridgehead atoms. The summed E-state index contributed by atoms with van der Waals surface area (Å²) in [5.41, 5.74) is 0.357. The number of nitrogens with one attached hydrogen (secondary N) is 1.